The Hall–Kier alpha value is -3.06. The predicted octanol–water partition coefficient (Wildman–Crippen LogP) is 2.71. The minimum Gasteiger partial charge on any atom is -0.465 e. The summed E-state index contributed by atoms with van der Waals surface area (Å²) in [7, 11) is 2.58. The Morgan fingerprint density at radius 3 is 2.03 bits per heavy atom. The molecule has 0 unspecified atom stereocenters. The first-order valence-corrected chi connectivity index (χ1v) is 10.1. The topological polar surface area (TPSA) is 62.3 Å². The molecule has 1 aromatic carbocycles. The first-order chi connectivity index (χ1) is 14.5. The van der Waals surface area contributed by atoms with E-state index in [-0.39, 0.29) is 11.3 Å². The fraction of sp³-hybridized carbons (Fsp3) is 0.391. The highest BCUT2D eigenvalue weighted by atomic mass is 16.5. The molecular weight excluding hydrogens is 382 g/mol. The smallest absolute Gasteiger partial charge is 0.355 e. The highest BCUT2D eigenvalue weighted by Gasteiger charge is 2.27. The van der Waals surface area contributed by atoms with E-state index < -0.39 is 11.9 Å². The number of benzene rings is 1. The lowest BCUT2D eigenvalue weighted by molar-refractivity contribution is -0.139. The van der Waals surface area contributed by atoms with Crippen LogP contribution in [0.3, 0.4) is 0 Å². The molecule has 0 saturated carbocycles. The average molecular weight is 412 g/mol. The number of anilines is 2. The lowest BCUT2D eigenvalue weighted by Crippen LogP contribution is -2.48. The third kappa shape index (κ3) is 4.57. The standard InChI is InChI=1S/C23H29N3O4/c1-17(2)24-13-15-25(16-14-24)18-8-10-19(11-9-18)26-12-6-5-7-20(22(27)29-3)21(26)23(28)30-4/h5-12,17H,13-16H2,1-4H3. The summed E-state index contributed by atoms with van der Waals surface area (Å²) in [6, 6.07) is 8.53. The summed E-state index contributed by atoms with van der Waals surface area (Å²) < 4.78 is 9.80. The van der Waals surface area contributed by atoms with E-state index in [9.17, 15) is 9.59 Å². The van der Waals surface area contributed by atoms with E-state index in [1.54, 1.807) is 29.3 Å². The number of piperazine rings is 1. The van der Waals surface area contributed by atoms with E-state index in [0.29, 0.717) is 6.04 Å². The van der Waals surface area contributed by atoms with Crippen molar-refractivity contribution in [1.82, 2.24) is 4.90 Å². The van der Waals surface area contributed by atoms with Crippen LogP contribution in [0.5, 0.6) is 0 Å². The number of carbonyl (C=O) groups excluding carboxylic acids is 2. The molecule has 0 atom stereocenters. The van der Waals surface area contributed by atoms with Gasteiger partial charge in [-0.05, 0) is 50.3 Å². The van der Waals surface area contributed by atoms with Gasteiger partial charge < -0.3 is 19.3 Å². The normalized spacial score (nSPS) is 17.4. The number of nitrogens with zero attached hydrogens (tertiary/aromatic N) is 3. The van der Waals surface area contributed by atoms with Crippen LogP contribution in [0.15, 0.2) is 60.0 Å². The molecule has 1 fully saturated rings. The molecule has 0 aliphatic carbocycles. The number of carbonyl (C=O) groups is 2. The Morgan fingerprint density at radius 1 is 0.867 bits per heavy atom. The van der Waals surface area contributed by atoms with Crippen molar-refractivity contribution < 1.29 is 19.1 Å². The molecule has 160 valence electrons. The first-order valence-electron chi connectivity index (χ1n) is 10.1. The average Bonchev–Trinajstić information content (AvgIpc) is 3.01. The van der Waals surface area contributed by atoms with Gasteiger partial charge in [0.1, 0.15) is 5.70 Å². The van der Waals surface area contributed by atoms with E-state index in [2.05, 4.69) is 23.6 Å². The largest absolute Gasteiger partial charge is 0.465 e. The molecule has 2 heterocycles. The van der Waals surface area contributed by atoms with Gasteiger partial charge in [0.2, 0.25) is 0 Å². The molecule has 1 saturated heterocycles. The second-order valence-corrected chi connectivity index (χ2v) is 7.45. The minimum atomic E-state index is -0.611. The summed E-state index contributed by atoms with van der Waals surface area (Å²) in [5, 5.41) is 0. The van der Waals surface area contributed by atoms with Gasteiger partial charge in [0.05, 0.1) is 19.8 Å². The van der Waals surface area contributed by atoms with Crippen molar-refractivity contribution in [2.45, 2.75) is 19.9 Å². The van der Waals surface area contributed by atoms with Gasteiger partial charge in [-0.25, -0.2) is 9.59 Å². The molecule has 30 heavy (non-hydrogen) atoms. The summed E-state index contributed by atoms with van der Waals surface area (Å²) in [5.41, 5.74) is 2.15. The zero-order chi connectivity index (χ0) is 21.7. The first kappa shape index (κ1) is 21.6. The Balaban J connectivity index is 1.87. The van der Waals surface area contributed by atoms with Crippen molar-refractivity contribution in [2.75, 3.05) is 50.2 Å². The fourth-order valence-corrected chi connectivity index (χ4v) is 3.69. The van der Waals surface area contributed by atoms with Gasteiger partial charge in [0.15, 0.2) is 0 Å². The van der Waals surface area contributed by atoms with Crippen LogP contribution < -0.4 is 9.80 Å². The summed E-state index contributed by atoms with van der Waals surface area (Å²) in [5.74, 6) is -1.21. The van der Waals surface area contributed by atoms with E-state index in [0.717, 1.165) is 37.6 Å². The maximum Gasteiger partial charge on any atom is 0.355 e. The summed E-state index contributed by atoms with van der Waals surface area (Å²) in [6.07, 6.45) is 6.74. The van der Waals surface area contributed by atoms with E-state index in [4.69, 9.17) is 9.47 Å². The molecule has 3 rings (SSSR count). The number of hydrogen-bond donors (Lipinski definition) is 0. The third-order valence-electron chi connectivity index (χ3n) is 5.43. The zero-order valence-electron chi connectivity index (χ0n) is 18.0. The second kappa shape index (κ2) is 9.63. The fourth-order valence-electron chi connectivity index (χ4n) is 3.69. The maximum absolute atomic E-state index is 12.5. The highest BCUT2D eigenvalue weighted by Crippen LogP contribution is 2.28. The lowest BCUT2D eigenvalue weighted by Gasteiger charge is -2.38. The number of allylic oxidation sites excluding steroid dienone is 2. The van der Waals surface area contributed by atoms with Crippen LogP contribution in [-0.2, 0) is 19.1 Å². The predicted molar refractivity (Wildman–Crippen MR) is 117 cm³/mol. The van der Waals surface area contributed by atoms with Crippen molar-refractivity contribution in [2.24, 2.45) is 0 Å². The SMILES string of the molecule is COC(=O)C1=C(C(=O)OC)N(c2ccc(N3CCN(C(C)C)CC3)cc2)C=CC=C1. The summed E-state index contributed by atoms with van der Waals surface area (Å²) >= 11 is 0. The number of rotatable bonds is 5. The molecule has 0 spiro atoms. The van der Waals surface area contributed by atoms with Crippen LogP contribution >= 0.6 is 0 Å². The van der Waals surface area contributed by atoms with Gasteiger partial charge in [-0.15, -0.1) is 0 Å². The number of hydrogen-bond acceptors (Lipinski definition) is 7. The summed E-state index contributed by atoms with van der Waals surface area (Å²) in [4.78, 5) is 31.3. The molecule has 2 aliphatic heterocycles. The molecule has 7 heteroatoms. The lowest BCUT2D eigenvalue weighted by atomic mass is 10.1. The summed E-state index contributed by atoms with van der Waals surface area (Å²) in [6.45, 7) is 8.48. The second-order valence-electron chi connectivity index (χ2n) is 7.45. The van der Waals surface area contributed by atoms with Crippen molar-refractivity contribution in [3.05, 3.63) is 60.0 Å². The van der Waals surface area contributed by atoms with E-state index >= 15 is 0 Å². The van der Waals surface area contributed by atoms with Crippen molar-refractivity contribution in [3.63, 3.8) is 0 Å². The van der Waals surface area contributed by atoms with Crippen LogP contribution in [0.1, 0.15) is 13.8 Å². The van der Waals surface area contributed by atoms with Crippen molar-refractivity contribution in [3.8, 4) is 0 Å². The third-order valence-corrected chi connectivity index (χ3v) is 5.43. The monoisotopic (exact) mass is 411 g/mol. The zero-order valence-corrected chi connectivity index (χ0v) is 18.0. The molecule has 0 amide bonds. The van der Waals surface area contributed by atoms with Gasteiger partial charge >= 0.3 is 11.9 Å². The number of esters is 2. The molecule has 7 nitrogen and oxygen atoms in total. The molecule has 1 aromatic rings. The van der Waals surface area contributed by atoms with Crippen LogP contribution in [0, 0.1) is 0 Å². The van der Waals surface area contributed by atoms with Crippen LogP contribution in [0.25, 0.3) is 0 Å². The Morgan fingerprint density at radius 2 is 1.47 bits per heavy atom. The Bertz CT molecular complexity index is 863. The van der Waals surface area contributed by atoms with E-state index in [1.165, 1.54) is 14.2 Å². The molecule has 0 radical (unpaired) electrons. The molecular formula is C23H29N3O4. The van der Waals surface area contributed by atoms with Gasteiger partial charge in [-0.2, -0.15) is 0 Å². The quantitative estimate of drug-likeness (QED) is 0.691. The molecule has 0 bridgehead atoms. The van der Waals surface area contributed by atoms with Crippen LogP contribution in [0.2, 0.25) is 0 Å². The molecule has 0 N–H and O–H groups in total. The van der Waals surface area contributed by atoms with Gasteiger partial charge in [0.25, 0.3) is 0 Å². The molecule has 0 aromatic heterocycles. The van der Waals surface area contributed by atoms with Crippen molar-refractivity contribution >= 4 is 23.3 Å². The van der Waals surface area contributed by atoms with Gasteiger partial charge in [-0.3, -0.25) is 4.90 Å². The Labute approximate surface area is 177 Å². The van der Waals surface area contributed by atoms with Gasteiger partial charge in [-0.1, -0.05) is 6.08 Å². The van der Waals surface area contributed by atoms with Crippen molar-refractivity contribution in [1.29, 1.82) is 0 Å². The van der Waals surface area contributed by atoms with Crippen LogP contribution in [-0.4, -0.2) is 63.3 Å². The number of methoxy groups -OCH3 is 2. The van der Waals surface area contributed by atoms with Crippen LogP contribution in [0.4, 0.5) is 11.4 Å². The number of ether oxygens (including phenoxy) is 2. The molecule has 2 aliphatic rings. The van der Waals surface area contributed by atoms with E-state index in [1.807, 2.05) is 24.3 Å². The Kier molecular flexibility index (Phi) is 6.95. The highest BCUT2D eigenvalue weighted by molar-refractivity contribution is 6.05. The minimum absolute atomic E-state index is 0.118. The maximum atomic E-state index is 12.5. The van der Waals surface area contributed by atoms with Gasteiger partial charge in [0, 0.05) is 49.8 Å².